The lowest BCUT2D eigenvalue weighted by Gasteiger charge is -2.15. The predicted molar refractivity (Wildman–Crippen MR) is 95.5 cm³/mol. The molecule has 0 radical (unpaired) electrons. The van der Waals surface area contributed by atoms with E-state index in [1.54, 1.807) is 24.9 Å². The lowest BCUT2D eigenvalue weighted by atomic mass is 10.1. The van der Waals surface area contributed by atoms with E-state index in [0.717, 1.165) is 16.9 Å². The molecule has 0 fully saturated rings. The van der Waals surface area contributed by atoms with Crippen molar-refractivity contribution in [2.75, 3.05) is 7.05 Å². The molecule has 1 amide bonds. The minimum Gasteiger partial charge on any atom is -0.424 e. The number of hydrogen-bond acceptors (Lipinski definition) is 5. The van der Waals surface area contributed by atoms with Gasteiger partial charge in [-0.25, -0.2) is 4.98 Å². The van der Waals surface area contributed by atoms with Gasteiger partial charge in [-0.15, -0.1) is 10.2 Å². The van der Waals surface area contributed by atoms with Crippen molar-refractivity contribution in [3.63, 3.8) is 0 Å². The molecule has 0 saturated carbocycles. The minimum absolute atomic E-state index is 0.114. The van der Waals surface area contributed by atoms with Crippen LogP contribution < -0.4 is 0 Å². The lowest BCUT2D eigenvalue weighted by molar-refractivity contribution is 0.0772. The molecule has 130 valence electrons. The number of carbonyl (C=O) groups is 1. The Morgan fingerprint density at radius 2 is 2.08 bits per heavy atom. The summed E-state index contributed by atoms with van der Waals surface area (Å²) >= 11 is 0. The van der Waals surface area contributed by atoms with Crippen LogP contribution in [0.3, 0.4) is 0 Å². The van der Waals surface area contributed by atoms with E-state index < -0.39 is 0 Å². The van der Waals surface area contributed by atoms with Crippen LogP contribution in [0.15, 0.2) is 59.3 Å². The van der Waals surface area contributed by atoms with Crippen molar-refractivity contribution < 1.29 is 9.21 Å². The molecule has 3 aromatic heterocycles. The fourth-order valence-electron chi connectivity index (χ4n) is 2.85. The van der Waals surface area contributed by atoms with Gasteiger partial charge < -0.3 is 9.32 Å². The van der Waals surface area contributed by atoms with Crippen LogP contribution in [-0.4, -0.2) is 37.4 Å². The maximum Gasteiger partial charge on any atom is 0.254 e. The molecule has 4 rings (SSSR count). The number of imidazole rings is 1. The molecule has 26 heavy (non-hydrogen) atoms. The Morgan fingerprint density at radius 1 is 1.19 bits per heavy atom. The van der Waals surface area contributed by atoms with Crippen LogP contribution in [-0.2, 0) is 6.54 Å². The Labute approximate surface area is 149 Å². The van der Waals surface area contributed by atoms with E-state index in [1.165, 1.54) is 0 Å². The largest absolute Gasteiger partial charge is 0.424 e. The first-order valence-electron chi connectivity index (χ1n) is 8.19. The van der Waals surface area contributed by atoms with Gasteiger partial charge in [0, 0.05) is 31.3 Å². The monoisotopic (exact) mass is 347 g/mol. The molecule has 4 aromatic rings. The summed E-state index contributed by atoms with van der Waals surface area (Å²) in [6.45, 7) is 1.98. The summed E-state index contributed by atoms with van der Waals surface area (Å²) in [5, 5.41) is 7.72. The van der Waals surface area contributed by atoms with E-state index >= 15 is 0 Å². The summed E-state index contributed by atoms with van der Waals surface area (Å²) in [5.41, 5.74) is 3.32. The number of aryl methyl sites for hydroxylation is 1. The predicted octanol–water partition coefficient (Wildman–Crippen LogP) is 2.96. The summed E-state index contributed by atoms with van der Waals surface area (Å²) in [7, 11) is 1.71. The Balaban J connectivity index is 1.62. The van der Waals surface area contributed by atoms with E-state index in [2.05, 4.69) is 15.2 Å². The molecule has 0 aliphatic heterocycles. The number of aromatic nitrogens is 4. The maximum atomic E-state index is 12.8. The van der Waals surface area contributed by atoms with Crippen molar-refractivity contribution in [3.8, 4) is 11.3 Å². The van der Waals surface area contributed by atoms with Crippen molar-refractivity contribution in [2.45, 2.75) is 13.5 Å². The molecule has 1 aromatic carbocycles. The maximum absolute atomic E-state index is 12.8. The van der Waals surface area contributed by atoms with Crippen molar-refractivity contribution in [1.29, 1.82) is 0 Å². The second kappa shape index (κ2) is 6.44. The second-order valence-corrected chi connectivity index (χ2v) is 6.03. The molecule has 0 aliphatic rings. The normalized spacial score (nSPS) is 11.0. The highest BCUT2D eigenvalue weighted by Gasteiger charge is 2.16. The number of hydrogen-bond donors (Lipinski definition) is 0. The third-order valence-corrected chi connectivity index (χ3v) is 4.11. The zero-order valence-electron chi connectivity index (χ0n) is 14.5. The first kappa shape index (κ1) is 16.0. The fourth-order valence-corrected chi connectivity index (χ4v) is 2.85. The Bertz CT molecular complexity index is 1080. The summed E-state index contributed by atoms with van der Waals surface area (Å²) in [6, 6.07) is 13.3. The summed E-state index contributed by atoms with van der Waals surface area (Å²) in [5.74, 6) is 0.781. The van der Waals surface area contributed by atoms with E-state index in [1.807, 2.05) is 53.2 Å². The standard InChI is InChI=1S/C19H17N5O2/c1-13-21-22-18(26-13)12-23(2)19(25)15-7-5-6-14(10-15)16-11-20-17-8-3-4-9-24(16)17/h3-11H,12H2,1-2H3. The van der Waals surface area contributed by atoms with E-state index in [0.29, 0.717) is 17.3 Å². The van der Waals surface area contributed by atoms with Crippen LogP contribution in [0.4, 0.5) is 0 Å². The summed E-state index contributed by atoms with van der Waals surface area (Å²) in [4.78, 5) is 18.7. The van der Waals surface area contributed by atoms with Crippen LogP contribution in [0, 0.1) is 6.92 Å². The third-order valence-electron chi connectivity index (χ3n) is 4.11. The molecule has 3 heterocycles. The van der Waals surface area contributed by atoms with Gasteiger partial charge in [0.2, 0.25) is 11.8 Å². The van der Waals surface area contributed by atoms with Gasteiger partial charge in [-0.2, -0.15) is 0 Å². The molecule has 7 heteroatoms. The summed E-state index contributed by atoms with van der Waals surface area (Å²) in [6.07, 6.45) is 3.76. The van der Waals surface area contributed by atoms with Crippen LogP contribution >= 0.6 is 0 Å². The molecule has 0 unspecified atom stereocenters. The highest BCUT2D eigenvalue weighted by molar-refractivity contribution is 5.95. The highest BCUT2D eigenvalue weighted by Crippen LogP contribution is 2.22. The van der Waals surface area contributed by atoms with Crippen molar-refractivity contribution >= 4 is 11.6 Å². The van der Waals surface area contributed by atoms with Gasteiger partial charge >= 0.3 is 0 Å². The van der Waals surface area contributed by atoms with Crippen LogP contribution in [0.1, 0.15) is 22.1 Å². The molecule has 0 spiro atoms. The first-order valence-corrected chi connectivity index (χ1v) is 8.19. The number of amides is 1. The van der Waals surface area contributed by atoms with Crippen LogP contribution in [0.25, 0.3) is 16.9 Å². The zero-order chi connectivity index (χ0) is 18.1. The van der Waals surface area contributed by atoms with Crippen molar-refractivity contribution in [3.05, 3.63) is 72.2 Å². The second-order valence-electron chi connectivity index (χ2n) is 6.03. The third kappa shape index (κ3) is 2.95. The van der Waals surface area contributed by atoms with Gasteiger partial charge in [-0.1, -0.05) is 18.2 Å². The molecule has 0 aliphatic carbocycles. The van der Waals surface area contributed by atoms with Gasteiger partial charge in [0.15, 0.2) is 0 Å². The first-order chi connectivity index (χ1) is 12.6. The van der Waals surface area contributed by atoms with Crippen LogP contribution in [0.5, 0.6) is 0 Å². The van der Waals surface area contributed by atoms with E-state index in [4.69, 9.17) is 4.42 Å². The van der Waals surface area contributed by atoms with Crippen molar-refractivity contribution in [1.82, 2.24) is 24.5 Å². The minimum atomic E-state index is -0.114. The quantitative estimate of drug-likeness (QED) is 0.567. The number of carbonyl (C=O) groups excluding carboxylic acids is 1. The number of nitrogens with zero attached hydrogens (tertiary/aromatic N) is 5. The number of pyridine rings is 1. The topological polar surface area (TPSA) is 76.5 Å². The van der Waals surface area contributed by atoms with E-state index in [-0.39, 0.29) is 12.5 Å². The van der Waals surface area contributed by atoms with Gasteiger partial charge in [0.05, 0.1) is 18.4 Å². The molecule has 0 bridgehead atoms. The van der Waals surface area contributed by atoms with Gasteiger partial charge in [-0.3, -0.25) is 9.20 Å². The van der Waals surface area contributed by atoms with Gasteiger partial charge in [0.25, 0.3) is 5.91 Å². The SMILES string of the molecule is Cc1nnc(CN(C)C(=O)c2cccc(-c3cnc4ccccn34)c2)o1. The van der Waals surface area contributed by atoms with Crippen LogP contribution in [0.2, 0.25) is 0 Å². The average molecular weight is 347 g/mol. The molecule has 7 nitrogen and oxygen atoms in total. The molecular formula is C19H17N5O2. The Hall–Kier alpha value is -3.48. The number of benzene rings is 1. The summed E-state index contributed by atoms with van der Waals surface area (Å²) < 4.78 is 7.34. The molecule has 0 atom stereocenters. The van der Waals surface area contributed by atoms with Gasteiger partial charge in [-0.05, 0) is 24.3 Å². The van der Waals surface area contributed by atoms with Crippen molar-refractivity contribution in [2.24, 2.45) is 0 Å². The fraction of sp³-hybridized carbons (Fsp3) is 0.158. The highest BCUT2D eigenvalue weighted by atomic mass is 16.4. The zero-order valence-corrected chi connectivity index (χ0v) is 14.5. The molecule has 0 N–H and O–H groups in total. The average Bonchev–Trinajstić information content (AvgIpc) is 3.27. The Kier molecular flexibility index (Phi) is 3.96. The molecular weight excluding hydrogens is 330 g/mol. The lowest BCUT2D eigenvalue weighted by Crippen LogP contribution is -2.26. The number of rotatable bonds is 4. The van der Waals surface area contributed by atoms with Gasteiger partial charge in [0.1, 0.15) is 5.65 Å². The van der Waals surface area contributed by atoms with E-state index in [9.17, 15) is 4.79 Å². The number of fused-ring (bicyclic) bond motifs is 1. The molecule has 0 saturated heterocycles. The smallest absolute Gasteiger partial charge is 0.254 e. The Morgan fingerprint density at radius 3 is 2.88 bits per heavy atom.